The standard InChI is InChI=1S/C14H20N2O3/c1-4-15-13(17)8-16-14(18)9-19-12-6-10(2)5-11(3)7-12/h5-7H,4,8-9H2,1-3H3,(H,15,17)(H,16,18). The number of hydrogen-bond acceptors (Lipinski definition) is 3. The minimum atomic E-state index is -0.314. The van der Waals surface area contributed by atoms with Crippen molar-refractivity contribution in [2.24, 2.45) is 0 Å². The number of carbonyl (C=O) groups excluding carboxylic acids is 2. The van der Waals surface area contributed by atoms with Crippen LogP contribution in [0.25, 0.3) is 0 Å². The maximum atomic E-state index is 11.5. The first-order valence-electron chi connectivity index (χ1n) is 6.25. The van der Waals surface area contributed by atoms with Gasteiger partial charge in [0.05, 0.1) is 6.54 Å². The molecule has 0 aromatic heterocycles. The summed E-state index contributed by atoms with van der Waals surface area (Å²) >= 11 is 0. The predicted octanol–water partition coefficient (Wildman–Crippen LogP) is 0.935. The van der Waals surface area contributed by atoms with Crippen molar-refractivity contribution in [1.29, 1.82) is 0 Å². The van der Waals surface area contributed by atoms with Crippen LogP contribution in [-0.4, -0.2) is 31.5 Å². The van der Waals surface area contributed by atoms with Gasteiger partial charge in [-0.1, -0.05) is 6.07 Å². The summed E-state index contributed by atoms with van der Waals surface area (Å²) in [5, 5.41) is 5.09. The van der Waals surface area contributed by atoms with E-state index in [-0.39, 0.29) is 25.0 Å². The third-order valence-electron chi connectivity index (χ3n) is 2.39. The van der Waals surface area contributed by atoms with E-state index >= 15 is 0 Å². The van der Waals surface area contributed by atoms with Gasteiger partial charge in [-0.2, -0.15) is 0 Å². The van der Waals surface area contributed by atoms with E-state index in [2.05, 4.69) is 10.6 Å². The van der Waals surface area contributed by atoms with Crippen molar-refractivity contribution in [1.82, 2.24) is 10.6 Å². The summed E-state index contributed by atoms with van der Waals surface area (Å²) in [5.41, 5.74) is 2.16. The van der Waals surface area contributed by atoms with E-state index in [1.54, 1.807) is 0 Å². The number of nitrogens with one attached hydrogen (secondary N) is 2. The molecule has 0 aliphatic heterocycles. The number of amides is 2. The van der Waals surface area contributed by atoms with E-state index in [1.807, 2.05) is 39.0 Å². The number of benzene rings is 1. The second kappa shape index (κ2) is 7.41. The fourth-order valence-corrected chi connectivity index (χ4v) is 1.65. The van der Waals surface area contributed by atoms with Crippen LogP contribution in [-0.2, 0) is 9.59 Å². The van der Waals surface area contributed by atoms with Gasteiger partial charge < -0.3 is 15.4 Å². The molecular formula is C14H20N2O3. The second-order valence-electron chi connectivity index (χ2n) is 4.34. The van der Waals surface area contributed by atoms with Crippen molar-refractivity contribution >= 4 is 11.8 Å². The van der Waals surface area contributed by atoms with Crippen LogP contribution in [0.4, 0.5) is 0 Å². The monoisotopic (exact) mass is 264 g/mol. The van der Waals surface area contributed by atoms with Crippen LogP contribution in [0.5, 0.6) is 5.75 Å². The van der Waals surface area contributed by atoms with Gasteiger partial charge in [-0.25, -0.2) is 0 Å². The number of hydrogen-bond donors (Lipinski definition) is 2. The van der Waals surface area contributed by atoms with Gasteiger partial charge in [-0.05, 0) is 44.0 Å². The summed E-state index contributed by atoms with van der Waals surface area (Å²) < 4.78 is 5.38. The molecule has 104 valence electrons. The highest BCUT2D eigenvalue weighted by atomic mass is 16.5. The highest BCUT2D eigenvalue weighted by Crippen LogP contribution is 2.15. The van der Waals surface area contributed by atoms with Crippen molar-refractivity contribution in [3.63, 3.8) is 0 Å². The summed E-state index contributed by atoms with van der Waals surface area (Å²) in [6.07, 6.45) is 0. The zero-order chi connectivity index (χ0) is 14.3. The Balaban J connectivity index is 2.35. The number of ether oxygens (including phenoxy) is 1. The molecule has 0 saturated heterocycles. The average Bonchev–Trinajstić information content (AvgIpc) is 2.33. The van der Waals surface area contributed by atoms with E-state index in [4.69, 9.17) is 4.74 Å². The summed E-state index contributed by atoms with van der Waals surface area (Å²) in [7, 11) is 0. The molecular weight excluding hydrogens is 244 g/mol. The van der Waals surface area contributed by atoms with Crippen LogP contribution in [0.2, 0.25) is 0 Å². The molecule has 0 heterocycles. The lowest BCUT2D eigenvalue weighted by molar-refractivity contribution is -0.127. The third kappa shape index (κ3) is 5.90. The quantitative estimate of drug-likeness (QED) is 0.803. The van der Waals surface area contributed by atoms with Crippen LogP contribution in [0.1, 0.15) is 18.1 Å². The van der Waals surface area contributed by atoms with Crippen molar-refractivity contribution in [2.75, 3.05) is 19.7 Å². The van der Waals surface area contributed by atoms with E-state index in [1.165, 1.54) is 0 Å². The molecule has 0 radical (unpaired) electrons. The number of rotatable bonds is 6. The molecule has 1 aromatic carbocycles. The molecule has 5 heteroatoms. The molecule has 0 spiro atoms. The fourth-order valence-electron chi connectivity index (χ4n) is 1.65. The van der Waals surface area contributed by atoms with E-state index < -0.39 is 0 Å². The van der Waals surface area contributed by atoms with E-state index in [0.29, 0.717) is 12.3 Å². The topological polar surface area (TPSA) is 67.4 Å². The summed E-state index contributed by atoms with van der Waals surface area (Å²) in [5.74, 6) is 0.137. The Labute approximate surface area is 113 Å². The molecule has 0 saturated carbocycles. The molecule has 0 unspecified atom stereocenters. The van der Waals surface area contributed by atoms with Gasteiger partial charge in [0, 0.05) is 6.54 Å². The Morgan fingerprint density at radius 3 is 2.26 bits per heavy atom. The first-order valence-corrected chi connectivity index (χ1v) is 6.25. The van der Waals surface area contributed by atoms with Crippen LogP contribution in [0.15, 0.2) is 18.2 Å². The summed E-state index contributed by atoms with van der Waals surface area (Å²) in [6.45, 7) is 6.19. The smallest absolute Gasteiger partial charge is 0.258 e. The first kappa shape index (κ1) is 15.0. The average molecular weight is 264 g/mol. The van der Waals surface area contributed by atoms with Crippen molar-refractivity contribution in [3.8, 4) is 5.75 Å². The molecule has 1 aromatic rings. The largest absolute Gasteiger partial charge is 0.484 e. The first-order chi connectivity index (χ1) is 9.01. The molecule has 0 bridgehead atoms. The lowest BCUT2D eigenvalue weighted by Crippen LogP contribution is -2.38. The molecule has 2 amide bonds. The van der Waals surface area contributed by atoms with Gasteiger partial charge in [-0.15, -0.1) is 0 Å². The maximum Gasteiger partial charge on any atom is 0.258 e. The lowest BCUT2D eigenvalue weighted by atomic mass is 10.1. The third-order valence-corrected chi connectivity index (χ3v) is 2.39. The molecule has 5 nitrogen and oxygen atoms in total. The molecule has 0 aliphatic carbocycles. The van der Waals surface area contributed by atoms with E-state index in [9.17, 15) is 9.59 Å². The number of likely N-dealkylation sites (N-methyl/N-ethyl adjacent to an activating group) is 1. The lowest BCUT2D eigenvalue weighted by Gasteiger charge is -2.09. The Morgan fingerprint density at radius 1 is 1.05 bits per heavy atom. The molecule has 0 atom stereocenters. The highest BCUT2D eigenvalue weighted by Gasteiger charge is 2.06. The zero-order valence-corrected chi connectivity index (χ0v) is 11.6. The van der Waals surface area contributed by atoms with Crippen molar-refractivity contribution in [3.05, 3.63) is 29.3 Å². The predicted molar refractivity (Wildman–Crippen MR) is 73.1 cm³/mol. The second-order valence-corrected chi connectivity index (χ2v) is 4.34. The zero-order valence-electron chi connectivity index (χ0n) is 11.6. The van der Waals surface area contributed by atoms with Crippen LogP contribution in [0, 0.1) is 13.8 Å². The van der Waals surface area contributed by atoms with Gasteiger partial charge >= 0.3 is 0 Å². The normalized spacial score (nSPS) is 9.84. The number of aryl methyl sites for hydroxylation is 2. The highest BCUT2D eigenvalue weighted by molar-refractivity contribution is 5.85. The molecule has 19 heavy (non-hydrogen) atoms. The van der Waals surface area contributed by atoms with Crippen LogP contribution >= 0.6 is 0 Å². The van der Waals surface area contributed by atoms with Gasteiger partial charge in [0.15, 0.2) is 6.61 Å². The molecule has 0 aliphatic rings. The Kier molecular flexibility index (Phi) is 5.85. The summed E-state index contributed by atoms with van der Waals surface area (Å²) in [6, 6.07) is 5.76. The van der Waals surface area contributed by atoms with Crippen LogP contribution < -0.4 is 15.4 Å². The van der Waals surface area contributed by atoms with Crippen molar-refractivity contribution in [2.45, 2.75) is 20.8 Å². The van der Waals surface area contributed by atoms with Gasteiger partial charge in [0.1, 0.15) is 5.75 Å². The molecule has 1 rings (SSSR count). The number of carbonyl (C=O) groups is 2. The molecule has 0 fully saturated rings. The van der Waals surface area contributed by atoms with Gasteiger partial charge in [0.2, 0.25) is 5.91 Å². The SMILES string of the molecule is CCNC(=O)CNC(=O)COc1cc(C)cc(C)c1. The van der Waals surface area contributed by atoms with Crippen molar-refractivity contribution < 1.29 is 14.3 Å². The Hall–Kier alpha value is -2.04. The Morgan fingerprint density at radius 2 is 1.68 bits per heavy atom. The Bertz CT molecular complexity index is 438. The van der Waals surface area contributed by atoms with Gasteiger partial charge in [-0.3, -0.25) is 9.59 Å². The van der Waals surface area contributed by atoms with Crippen LogP contribution in [0.3, 0.4) is 0 Å². The summed E-state index contributed by atoms with van der Waals surface area (Å²) in [4.78, 5) is 22.6. The van der Waals surface area contributed by atoms with E-state index in [0.717, 1.165) is 11.1 Å². The minimum absolute atomic E-state index is 0.0249. The van der Waals surface area contributed by atoms with Gasteiger partial charge in [0.25, 0.3) is 5.91 Å². The molecule has 2 N–H and O–H groups in total. The fraction of sp³-hybridized carbons (Fsp3) is 0.429. The maximum absolute atomic E-state index is 11.5. The minimum Gasteiger partial charge on any atom is -0.484 e.